The van der Waals surface area contributed by atoms with Gasteiger partial charge in [-0.3, -0.25) is 14.8 Å². The van der Waals surface area contributed by atoms with Crippen LogP contribution in [0.4, 0.5) is 19.4 Å². The summed E-state index contributed by atoms with van der Waals surface area (Å²) in [4.78, 5) is 33.7. The van der Waals surface area contributed by atoms with E-state index in [1.165, 1.54) is 0 Å². The third-order valence-electron chi connectivity index (χ3n) is 10.8. The van der Waals surface area contributed by atoms with Gasteiger partial charge in [-0.05, 0) is 63.9 Å². The van der Waals surface area contributed by atoms with Crippen LogP contribution in [0.2, 0.25) is 5.02 Å². The maximum Gasteiger partial charge on any atom is 0.410 e. The molecule has 2 aromatic heterocycles. The van der Waals surface area contributed by atoms with Crippen LogP contribution < -0.4 is 9.64 Å². The summed E-state index contributed by atoms with van der Waals surface area (Å²) in [6, 6.07) is 11.0. The van der Waals surface area contributed by atoms with E-state index in [9.17, 15) is 9.18 Å². The third-order valence-corrected chi connectivity index (χ3v) is 11.1. The van der Waals surface area contributed by atoms with E-state index in [4.69, 9.17) is 26.1 Å². The number of fused-ring (bicyclic) bond motifs is 5. The van der Waals surface area contributed by atoms with Gasteiger partial charge in [-0.2, -0.15) is 9.97 Å². The number of ether oxygens (including phenoxy) is 2. The van der Waals surface area contributed by atoms with E-state index >= 15 is 4.39 Å². The van der Waals surface area contributed by atoms with E-state index in [-0.39, 0.29) is 47.9 Å². The van der Waals surface area contributed by atoms with Crippen LogP contribution in [0.5, 0.6) is 6.01 Å². The molecule has 4 aliphatic rings. The van der Waals surface area contributed by atoms with Gasteiger partial charge in [-0.25, -0.2) is 13.6 Å². The highest BCUT2D eigenvalue weighted by atomic mass is 35.5. The molecule has 1 unspecified atom stereocenters. The Morgan fingerprint density at radius 2 is 1.92 bits per heavy atom. The average molecular weight is 691 g/mol. The number of halogens is 3. The van der Waals surface area contributed by atoms with Crippen molar-refractivity contribution in [1.29, 1.82) is 0 Å². The van der Waals surface area contributed by atoms with E-state index < -0.39 is 23.1 Å². The van der Waals surface area contributed by atoms with Gasteiger partial charge in [0.25, 0.3) is 0 Å². The smallest absolute Gasteiger partial charge is 0.410 e. The molecule has 4 saturated heterocycles. The number of piperazine rings is 1. The minimum absolute atomic E-state index is 0.0352. The summed E-state index contributed by atoms with van der Waals surface area (Å²) in [7, 11) is 0. The van der Waals surface area contributed by atoms with Crippen molar-refractivity contribution in [2.45, 2.75) is 82.8 Å². The second-order valence-corrected chi connectivity index (χ2v) is 15.7. The van der Waals surface area contributed by atoms with Crippen LogP contribution in [0.1, 0.15) is 53.4 Å². The molecule has 0 N–H and O–H groups in total. The summed E-state index contributed by atoms with van der Waals surface area (Å²) < 4.78 is 43.6. The van der Waals surface area contributed by atoms with Crippen molar-refractivity contribution < 1.29 is 23.0 Å². The van der Waals surface area contributed by atoms with Crippen LogP contribution >= 0.6 is 11.6 Å². The minimum Gasteiger partial charge on any atom is -0.461 e. The van der Waals surface area contributed by atoms with Crippen LogP contribution in [-0.4, -0.2) is 93.0 Å². The van der Waals surface area contributed by atoms with Crippen LogP contribution in [-0.2, 0) is 4.74 Å². The van der Waals surface area contributed by atoms with Gasteiger partial charge in [-0.15, -0.1) is 0 Å². The Balaban J connectivity index is 1.21. The largest absolute Gasteiger partial charge is 0.461 e. The van der Waals surface area contributed by atoms with Crippen LogP contribution in [0.25, 0.3) is 32.9 Å². The normalized spacial score (nSPS) is 26.9. The van der Waals surface area contributed by atoms with Gasteiger partial charge in [0.1, 0.15) is 35.4 Å². The number of hydrogen-bond acceptors (Lipinski definition) is 8. The van der Waals surface area contributed by atoms with Gasteiger partial charge in [0.05, 0.1) is 23.0 Å². The lowest BCUT2D eigenvalue weighted by Crippen LogP contribution is -2.57. The number of carbonyl (C=O) groups is 1. The van der Waals surface area contributed by atoms with E-state index in [1.807, 2.05) is 49.9 Å². The topological polar surface area (TPSA) is 83.9 Å². The molecule has 0 spiro atoms. The van der Waals surface area contributed by atoms with Crippen molar-refractivity contribution in [3.8, 4) is 17.3 Å². The fourth-order valence-electron chi connectivity index (χ4n) is 8.66. The molecule has 0 radical (unpaired) electrons. The fourth-order valence-corrected chi connectivity index (χ4v) is 8.94. The molecule has 49 heavy (non-hydrogen) atoms. The molecule has 12 heteroatoms. The predicted octanol–water partition coefficient (Wildman–Crippen LogP) is 7.43. The van der Waals surface area contributed by atoms with Gasteiger partial charge in [-0.1, -0.05) is 48.9 Å². The summed E-state index contributed by atoms with van der Waals surface area (Å²) >= 11 is 6.64. The summed E-state index contributed by atoms with van der Waals surface area (Å²) in [6.45, 7) is 10.1. The number of benzene rings is 2. The van der Waals surface area contributed by atoms with Gasteiger partial charge in [0, 0.05) is 48.2 Å². The molecular formula is C37H41ClF2N6O3. The SMILES string of the molecule is C[C@@H]1C[C@@H]2CN(c3nc(OCC45CCCN4C[C@H](F)C5)nc4c(F)c(-c5cccc6cccc(Cl)c56)ncc34)C[C@H]1N2C(=O)OC(C)(C)C. The fraction of sp³-hybridized carbons (Fsp3) is 0.514. The zero-order valence-electron chi connectivity index (χ0n) is 28.3. The van der Waals surface area contributed by atoms with Crippen LogP contribution in [0.15, 0.2) is 42.6 Å². The molecule has 2 bridgehead atoms. The number of carbonyl (C=O) groups excluding carboxylic acids is 1. The zero-order chi connectivity index (χ0) is 34.2. The molecule has 4 aromatic rings. The zero-order valence-corrected chi connectivity index (χ0v) is 29.0. The lowest BCUT2D eigenvalue weighted by atomic mass is 9.95. The van der Waals surface area contributed by atoms with Crippen molar-refractivity contribution in [3.05, 3.63) is 53.4 Å². The highest BCUT2D eigenvalue weighted by Crippen LogP contribution is 2.43. The lowest BCUT2D eigenvalue weighted by molar-refractivity contribution is 0.0108. The maximum atomic E-state index is 16.9. The molecule has 2 aromatic carbocycles. The first-order valence-corrected chi connectivity index (χ1v) is 17.6. The Hall–Kier alpha value is -3.83. The number of hydrogen-bond donors (Lipinski definition) is 0. The molecule has 258 valence electrons. The monoisotopic (exact) mass is 690 g/mol. The van der Waals surface area contributed by atoms with E-state index in [0.29, 0.717) is 53.2 Å². The van der Waals surface area contributed by atoms with Crippen molar-refractivity contribution in [3.63, 3.8) is 0 Å². The maximum absolute atomic E-state index is 16.9. The number of amides is 1. The van der Waals surface area contributed by atoms with E-state index in [0.717, 1.165) is 31.2 Å². The summed E-state index contributed by atoms with van der Waals surface area (Å²) in [6.07, 6.45) is 3.40. The number of alkyl halides is 1. The Morgan fingerprint density at radius 1 is 1.12 bits per heavy atom. The Labute approximate surface area is 289 Å². The number of aromatic nitrogens is 3. The molecule has 6 heterocycles. The summed E-state index contributed by atoms with van der Waals surface area (Å²) in [5.74, 6) is 0.122. The summed E-state index contributed by atoms with van der Waals surface area (Å²) in [5.41, 5.74) is -0.269. The highest BCUT2D eigenvalue weighted by Gasteiger charge is 2.50. The van der Waals surface area contributed by atoms with Crippen molar-refractivity contribution in [1.82, 2.24) is 24.8 Å². The van der Waals surface area contributed by atoms with Crippen LogP contribution in [0, 0.1) is 11.7 Å². The first-order valence-electron chi connectivity index (χ1n) is 17.2. The average Bonchev–Trinajstić information content (AvgIpc) is 3.64. The second-order valence-electron chi connectivity index (χ2n) is 15.2. The summed E-state index contributed by atoms with van der Waals surface area (Å²) in [5, 5.41) is 2.52. The highest BCUT2D eigenvalue weighted by molar-refractivity contribution is 6.36. The number of rotatable bonds is 5. The first kappa shape index (κ1) is 32.4. The number of pyridine rings is 1. The Bertz CT molecular complexity index is 1950. The molecule has 4 aliphatic heterocycles. The van der Waals surface area contributed by atoms with E-state index in [2.05, 4.69) is 26.7 Å². The lowest BCUT2D eigenvalue weighted by Gasteiger charge is -2.42. The minimum atomic E-state index is -0.908. The molecule has 0 aliphatic carbocycles. The van der Waals surface area contributed by atoms with Gasteiger partial charge < -0.3 is 14.4 Å². The molecule has 4 fully saturated rings. The number of nitrogens with zero attached hydrogens (tertiary/aromatic N) is 6. The molecular weight excluding hydrogens is 650 g/mol. The van der Waals surface area contributed by atoms with Crippen molar-refractivity contribution in [2.75, 3.05) is 37.7 Å². The Morgan fingerprint density at radius 3 is 2.69 bits per heavy atom. The number of anilines is 1. The second kappa shape index (κ2) is 11.9. The van der Waals surface area contributed by atoms with E-state index in [1.54, 1.807) is 18.3 Å². The molecule has 0 saturated carbocycles. The van der Waals surface area contributed by atoms with Crippen LogP contribution in [0.3, 0.4) is 0 Å². The van der Waals surface area contributed by atoms with Gasteiger partial charge in [0.15, 0.2) is 5.82 Å². The quantitative estimate of drug-likeness (QED) is 0.214. The standard InChI is InChI=1S/C37H41ClF2N6O3/c1-21-14-24-18-44(19-28(21)46(24)35(47)49-36(2,3)4)33-26-16-41-31(25-10-5-8-22-9-6-11-27(38)29(22)25)30(40)32(26)42-34(43-33)48-20-37-12-7-13-45(37)17-23(39)15-37/h5-6,8-11,16,21,23-24,28H,7,12-15,17-20H2,1-4H3/t21-,23-,24-,28-,37?/m1/s1. The van der Waals surface area contributed by atoms with Gasteiger partial charge in [0.2, 0.25) is 0 Å². The molecule has 9 nitrogen and oxygen atoms in total. The molecule has 1 amide bonds. The Kier molecular flexibility index (Phi) is 7.86. The van der Waals surface area contributed by atoms with Crippen molar-refractivity contribution in [2.24, 2.45) is 5.92 Å². The third kappa shape index (κ3) is 5.62. The molecule has 5 atom stereocenters. The van der Waals surface area contributed by atoms with Gasteiger partial charge >= 0.3 is 12.1 Å². The van der Waals surface area contributed by atoms with Crippen molar-refractivity contribution >= 4 is 45.2 Å². The predicted molar refractivity (Wildman–Crippen MR) is 185 cm³/mol. The first-order chi connectivity index (χ1) is 23.4. The molecule has 8 rings (SSSR count).